The summed E-state index contributed by atoms with van der Waals surface area (Å²) in [4.78, 5) is 12.1. The van der Waals surface area contributed by atoms with Gasteiger partial charge in [0.1, 0.15) is 0 Å². The van der Waals surface area contributed by atoms with E-state index in [1.165, 1.54) is 0 Å². The summed E-state index contributed by atoms with van der Waals surface area (Å²) < 4.78 is 151. The molecule has 3 atom stereocenters. The van der Waals surface area contributed by atoms with Crippen LogP contribution in [-0.4, -0.2) is 52.3 Å². The molecule has 2 rings (SSSR count). The van der Waals surface area contributed by atoms with Crippen molar-refractivity contribution in [2.75, 3.05) is 0 Å². The second-order valence-corrected chi connectivity index (χ2v) is 8.16. The van der Waals surface area contributed by atoms with Gasteiger partial charge in [-0.05, 0) is 26.7 Å². The van der Waals surface area contributed by atoms with E-state index in [-0.39, 0.29) is 19.3 Å². The van der Waals surface area contributed by atoms with E-state index in [2.05, 4.69) is 16.1 Å². The summed E-state index contributed by atoms with van der Waals surface area (Å²) >= 11 is 0. The number of halogens is 10. The van der Waals surface area contributed by atoms with Crippen LogP contribution in [0.15, 0.2) is 12.2 Å². The topological polar surface area (TPSA) is 55.8 Å². The molecule has 3 unspecified atom stereocenters. The number of esters is 1. The van der Waals surface area contributed by atoms with E-state index >= 15 is 17.6 Å². The minimum atomic E-state index is -6.70. The summed E-state index contributed by atoms with van der Waals surface area (Å²) in [6.07, 6.45) is -14.6. The molecule has 1 aliphatic carbocycles. The van der Waals surface area contributed by atoms with Crippen molar-refractivity contribution >= 4 is 5.97 Å². The van der Waals surface area contributed by atoms with Gasteiger partial charge in [-0.1, -0.05) is 25.8 Å². The number of rotatable bonds is 3. The fraction of sp³-hybridized carbons (Fsp3) is 0.833. The lowest BCUT2D eigenvalue weighted by Crippen LogP contribution is -2.88. The third kappa shape index (κ3) is 3.23. The zero-order valence-corrected chi connectivity index (χ0v) is 16.8. The van der Waals surface area contributed by atoms with Crippen LogP contribution in [0.5, 0.6) is 0 Å². The highest BCUT2D eigenvalue weighted by atomic mass is 19.4. The smallest absolute Gasteiger partial charge is 0.442 e. The predicted molar refractivity (Wildman–Crippen MR) is 86.7 cm³/mol. The average Bonchev–Trinajstić information content (AvgIpc) is 2.62. The molecule has 4 nitrogen and oxygen atoms in total. The van der Waals surface area contributed by atoms with Gasteiger partial charge in [0.05, 0.1) is 0 Å². The summed E-state index contributed by atoms with van der Waals surface area (Å²) in [6, 6.07) is 0. The molecule has 1 heterocycles. The zero-order valence-electron chi connectivity index (χ0n) is 16.8. The Balaban J connectivity index is 3.03. The van der Waals surface area contributed by atoms with Crippen molar-refractivity contribution in [1.29, 1.82) is 0 Å². The van der Waals surface area contributed by atoms with Crippen LogP contribution in [0.25, 0.3) is 0 Å². The van der Waals surface area contributed by atoms with Crippen molar-refractivity contribution in [2.45, 2.75) is 87.1 Å². The number of hydrogen-bond acceptors (Lipinski definition) is 4. The summed E-state index contributed by atoms with van der Waals surface area (Å²) in [6.45, 7) is 3.12. The molecule has 2 aliphatic rings. The molecule has 0 bridgehead atoms. The van der Waals surface area contributed by atoms with E-state index in [9.17, 15) is 36.2 Å². The van der Waals surface area contributed by atoms with Gasteiger partial charge in [-0.15, -0.1) is 0 Å². The highest BCUT2D eigenvalue weighted by molar-refractivity contribution is 5.87. The summed E-state index contributed by atoms with van der Waals surface area (Å²) in [5.41, 5.74) is -11.2. The van der Waals surface area contributed by atoms with Crippen LogP contribution in [0.4, 0.5) is 43.9 Å². The van der Waals surface area contributed by atoms with Crippen molar-refractivity contribution in [3.63, 3.8) is 0 Å². The molecule has 2 fully saturated rings. The molecule has 1 saturated carbocycles. The summed E-state index contributed by atoms with van der Waals surface area (Å²) in [7, 11) is 0. The van der Waals surface area contributed by atoms with E-state index in [4.69, 9.17) is 0 Å². The number of alkyl halides is 10. The maximum atomic E-state index is 15.6. The third-order valence-corrected chi connectivity index (χ3v) is 6.02. The Hall–Kier alpha value is -1.57. The molecule has 1 N–H and O–H groups in total. The highest BCUT2D eigenvalue weighted by Gasteiger charge is 2.97. The molecule has 0 aromatic rings. The maximum absolute atomic E-state index is 15.6. The Labute approximate surface area is 175 Å². The van der Waals surface area contributed by atoms with Crippen molar-refractivity contribution in [3.05, 3.63) is 12.2 Å². The van der Waals surface area contributed by atoms with Crippen molar-refractivity contribution in [2.24, 2.45) is 5.92 Å². The van der Waals surface area contributed by atoms with E-state index < -0.39 is 78.4 Å². The second-order valence-electron chi connectivity index (χ2n) is 8.16. The van der Waals surface area contributed by atoms with Crippen molar-refractivity contribution < 1.29 is 63.3 Å². The van der Waals surface area contributed by atoms with Crippen LogP contribution in [0.3, 0.4) is 0 Å². The highest BCUT2D eigenvalue weighted by Crippen LogP contribution is 2.69. The Morgan fingerprint density at radius 1 is 0.969 bits per heavy atom. The Bertz CT molecular complexity index is 731. The van der Waals surface area contributed by atoms with Crippen LogP contribution < -0.4 is 0 Å². The standard InChI is InChI=1S/C18H20F10O4/c1-9(2)11(29)31-13(10-7-5-4-6-8-10)14(19,20)12(3,17(23,24)25)32-16(30,15(13,21)22)18(26,27)28/h10,30H,1,4-8H2,2-3H3. The fourth-order valence-electron chi connectivity index (χ4n) is 4.17. The van der Waals surface area contributed by atoms with E-state index in [1.807, 2.05) is 0 Å². The molecular weight excluding hydrogens is 470 g/mol. The van der Waals surface area contributed by atoms with Gasteiger partial charge in [-0.3, -0.25) is 0 Å². The second kappa shape index (κ2) is 7.47. The van der Waals surface area contributed by atoms with Crippen LogP contribution in [-0.2, 0) is 14.3 Å². The first kappa shape index (κ1) is 26.7. The van der Waals surface area contributed by atoms with E-state index in [1.54, 1.807) is 0 Å². The van der Waals surface area contributed by atoms with Gasteiger partial charge in [0.15, 0.2) is 0 Å². The number of ether oxygens (including phenoxy) is 2. The minimum Gasteiger partial charge on any atom is -0.442 e. The van der Waals surface area contributed by atoms with Gasteiger partial charge >= 0.3 is 36.0 Å². The fourth-order valence-corrected chi connectivity index (χ4v) is 4.17. The van der Waals surface area contributed by atoms with Crippen LogP contribution in [0.2, 0.25) is 0 Å². The number of hydrogen-bond donors (Lipinski definition) is 1. The molecule has 0 amide bonds. The molecule has 1 saturated heterocycles. The number of carbonyl (C=O) groups is 1. The Morgan fingerprint density at radius 3 is 1.81 bits per heavy atom. The monoisotopic (exact) mass is 490 g/mol. The minimum absolute atomic E-state index is 0.128. The van der Waals surface area contributed by atoms with Gasteiger partial charge in [0.25, 0.3) is 5.60 Å². The van der Waals surface area contributed by atoms with Gasteiger partial charge < -0.3 is 14.6 Å². The van der Waals surface area contributed by atoms with Crippen LogP contribution in [0.1, 0.15) is 46.0 Å². The van der Waals surface area contributed by atoms with Gasteiger partial charge in [0, 0.05) is 11.5 Å². The van der Waals surface area contributed by atoms with Gasteiger partial charge in [-0.2, -0.15) is 43.9 Å². The predicted octanol–water partition coefficient (Wildman–Crippen LogP) is 5.30. The molecule has 0 spiro atoms. The van der Waals surface area contributed by atoms with Gasteiger partial charge in [-0.25, -0.2) is 4.79 Å². The Kier molecular flexibility index (Phi) is 6.23. The van der Waals surface area contributed by atoms with Crippen molar-refractivity contribution in [3.8, 4) is 0 Å². The summed E-state index contributed by atoms with van der Waals surface area (Å²) in [5.74, 6) is -22.8. The molecule has 0 aromatic heterocycles. The molecule has 0 radical (unpaired) electrons. The first-order valence-electron chi connectivity index (χ1n) is 9.34. The van der Waals surface area contributed by atoms with Gasteiger partial charge in [0.2, 0.25) is 5.60 Å². The first-order chi connectivity index (χ1) is 14.1. The lowest BCUT2D eigenvalue weighted by Gasteiger charge is -2.61. The molecule has 0 aromatic carbocycles. The molecule has 14 heteroatoms. The van der Waals surface area contributed by atoms with Crippen LogP contribution in [0, 0.1) is 5.92 Å². The number of aliphatic hydroxyl groups is 1. The molecule has 32 heavy (non-hydrogen) atoms. The van der Waals surface area contributed by atoms with Crippen molar-refractivity contribution in [1.82, 2.24) is 0 Å². The maximum Gasteiger partial charge on any atom is 0.449 e. The lowest BCUT2D eigenvalue weighted by molar-refractivity contribution is -0.560. The normalized spacial score (nSPS) is 35.9. The molecular formula is C18H20F10O4. The van der Waals surface area contributed by atoms with E-state index in [0.717, 1.165) is 6.92 Å². The molecule has 186 valence electrons. The number of carbonyl (C=O) groups excluding carboxylic acids is 1. The zero-order chi connectivity index (χ0) is 25.2. The SMILES string of the molecule is C=C(C)C(=O)OC1(C2CCCCC2)C(F)(F)C(C)(C(F)(F)F)OC(O)(C(F)(F)F)C1(F)F. The quantitative estimate of drug-likeness (QED) is 0.332. The average molecular weight is 490 g/mol. The first-order valence-corrected chi connectivity index (χ1v) is 9.34. The van der Waals surface area contributed by atoms with E-state index in [0.29, 0.717) is 0 Å². The summed E-state index contributed by atoms with van der Waals surface area (Å²) in [5, 5.41) is 9.84. The largest absolute Gasteiger partial charge is 0.449 e. The molecule has 1 aliphatic heterocycles. The Morgan fingerprint density at radius 2 is 1.44 bits per heavy atom. The lowest BCUT2D eigenvalue weighted by atomic mass is 9.62. The third-order valence-electron chi connectivity index (χ3n) is 6.02. The van der Waals surface area contributed by atoms with Crippen LogP contribution >= 0.6 is 0 Å².